The number of carbonyl (C=O) groups excluding carboxylic acids is 2. The molecule has 126 valence electrons. The van der Waals surface area contributed by atoms with E-state index in [-0.39, 0.29) is 6.54 Å². The Hall–Kier alpha value is -3.29. The Kier molecular flexibility index (Phi) is 5.95. The third kappa shape index (κ3) is 4.60. The van der Waals surface area contributed by atoms with Gasteiger partial charge in [-0.05, 0) is 30.3 Å². The normalized spacial score (nSPS) is 10.4. The van der Waals surface area contributed by atoms with Gasteiger partial charge in [0, 0.05) is 5.56 Å². The summed E-state index contributed by atoms with van der Waals surface area (Å²) in [5.41, 5.74) is 2.73. The predicted octanol–water partition coefficient (Wildman–Crippen LogP) is 1.06. The van der Waals surface area contributed by atoms with Crippen molar-refractivity contribution in [3.8, 4) is 11.5 Å². The van der Waals surface area contributed by atoms with Gasteiger partial charge in [0.05, 0.1) is 33.2 Å². The van der Waals surface area contributed by atoms with E-state index in [1.54, 1.807) is 30.3 Å². The molecule has 0 spiro atoms. The van der Waals surface area contributed by atoms with Gasteiger partial charge in [0.25, 0.3) is 0 Å². The highest BCUT2D eigenvalue weighted by atomic mass is 16.5. The zero-order valence-corrected chi connectivity index (χ0v) is 13.2. The van der Waals surface area contributed by atoms with Crippen molar-refractivity contribution in [3.63, 3.8) is 0 Å². The highest BCUT2D eigenvalue weighted by Crippen LogP contribution is 2.22. The van der Waals surface area contributed by atoms with Crippen molar-refractivity contribution in [3.05, 3.63) is 47.9 Å². The maximum atomic E-state index is 11.6. The molecule has 0 aliphatic rings. The molecule has 0 bridgehead atoms. The summed E-state index contributed by atoms with van der Waals surface area (Å²) in [7, 11) is 3.05. The summed E-state index contributed by atoms with van der Waals surface area (Å²) in [6, 6.07) is 8.50. The Bertz CT molecular complexity index is 725. The van der Waals surface area contributed by atoms with Gasteiger partial charge in [-0.1, -0.05) is 0 Å². The minimum Gasteiger partial charge on any atom is -0.497 e. The van der Waals surface area contributed by atoms with E-state index in [4.69, 9.17) is 13.9 Å². The molecule has 0 atom stereocenters. The Balaban J connectivity index is 1.90. The van der Waals surface area contributed by atoms with Crippen LogP contribution in [0.1, 0.15) is 11.3 Å². The summed E-state index contributed by atoms with van der Waals surface area (Å²) >= 11 is 0. The van der Waals surface area contributed by atoms with Gasteiger partial charge >= 0.3 is 11.8 Å². The van der Waals surface area contributed by atoms with Gasteiger partial charge in [-0.25, -0.2) is 5.43 Å². The highest BCUT2D eigenvalue weighted by Gasteiger charge is 2.12. The van der Waals surface area contributed by atoms with Crippen LogP contribution in [0.25, 0.3) is 0 Å². The van der Waals surface area contributed by atoms with Gasteiger partial charge < -0.3 is 19.2 Å². The smallest absolute Gasteiger partial charge is 0.329 e. The molecule has 8 nitrogen and oxygen atoms in total. The van der Waals surface area contributed by atoms with Crippen LogP contribution in [0.5, 0.6) is 11.5 Å². The van der Waals surface area contributed by atoms with E-state index in [1.807, 2.05) is 0 Å². The zero-order chi connectivity index (χ0) is 17.4. The van der Waals surface area contributed by atoms with Crippen molar-refractivity contribution in [2.45, 2.75) is 6.54 Å². The number of ether oxygens (including phenoxy) is 2. The molecule has 0 aliphatic heterocycles. The summed E-state index contributed by atoms with van der Waals surface area (Å²) in [5.74, 6) is -0.00238. The molecule has 2 rings (SSSR count). The van der Waals surface area contributed by atoms with Crippen LogP contribution in [0.2, 0.25) is 0 Å². The summed E-state index contributed by atoms with van der Waals surface area (Å²) in [4.78, 5) is 23.3. The molecule has 2 amide bonds. The molecule has 0 fully saturated rings. The number of nitrogens with zero attached hydrogens (tertiary/aromatic N) is 1. The lowest BCUT2D eigenvalue weighted by Crippen LogP contribution is -2.37. The first-order valence-corrected chi connectivity index (χ1v) is 6.99. The molecular weight excluding hydrogens is 314 g/mol. The molecule has 8 heteroatoms. The Morgan fingerprint density at radius 2 is 2.04 bits per heavy atom. The van der Waals surface area contributed by atoms with Crippen LogP contribution in [0.4, 0.5) is 0 Å². The minimum absolute atomic E-state index is 0.118. The fraction of sp³-hybridized carbons (Fsp3) is 0.188. The number of hydrogen-bond acceptors (Lipinski definition) is 6. The third-order valence-corrected chi connectivity index (χ3v) is 3.02. The second-order valence-electron chi connectivity index (χ2n) is 4.57. The van der Waals surface area contributed by atoms with Crippen molar-refractivity contribution in [1.82, 2.24) is 10.7 Å². The zero-order valence-electron chi connectivity index (χ0n) is 13.2. The second kappa shape index (κ2) is 8.37. The van der Waals surface area contributed by atoms with Crippen LogP contribution in [0, 0.1) is 0 Å². The summed E-state index contributed by atoms with van der Waals surface area (Å²) < 4.78 is 15.3. The largest absolute Gasteiger partial charge is 0.497 e. The van der Waals surface area contributed by atoms with E-state index in [0.29, 0.717) is 22.8 Å². The number of hydrazone groups is 1. The first kappa shape index (κ1) is 17.1. The fourth-order valence-corrected chi connectivity index (χ4v) is 1.81. The number of rotatable bonds is 6. The number of hydrogen-bond donors (Lipinski definition) is 2. The average molecular weight is 331 g/mol. The van der Waals surface area contributed by atoms with Gasteiger partial charge in [0.1, 0.15) is 17.3 Å². The minimum atomic E-state index is -0.889. The number of methoxy groups -OCH3 is 2. The predicted molar refractivity (Wildman–Crippen MR) is 85.8 cm³/mol. The summed E-state index contributed by atoms with van der Waals surface area (Å²) in [6.45, 7) is 0.118. The summed E-state index contributed by atoms with van der Waals surface area (Å²) in [5, 5.41) is 6.16. The Morgan fingerprint density at radius 3 is 2.71 bits per heavy atom. The van der Waals surface area contributed by atoms with E-state index in [2.05, 4.69) is 15.8 Å². The van der Waals surface area contributed by atoms with Crippen LogP contribution in [0.15, 0.2) is 46.1 Å². The molecule has 2 N–H and O–H groups in total. The molecule has 1 heterocycles. The van der Waals surface area contributed by atoms with Gasteiger partial charge in [-0.3, -0.25) is 9.59 Å². The molecule has 0 saturated carbocycles. The fourth-order valence-electron chi connectivity index (χ4n) is 1.81. The van der Waals surface area contributed by atoms with E-state index < -0.39 is 11.8 Å². The van der Waals surface area contributed by atoms with Crippen molar-refractivity contribution < 1.29 is 23.5 Å². The molecule has 0 unspecified atom stereocenters. The third-order valence-electron chi connectivity index (χ3n) is 3.02. The Labute approximate surface area is 138 Å². The van der Waals surface area contributed by atoms with Crippen LogP contribution in [-0.2, 0) is 16.1 Å². The lowest BCUT2D eigenvalue weighted by Gasteiger charge is -2.06. The topological polar surface area (TPSA) is 102 Å². The van der Waals surface area contributed by atoms with Gasteiger partial charge in [0.15, 0.2) is 0 Å². The number of nitrogens with one attached hydrogen (secondary N) is 2. The molecule has 1 aromatic heterocycles. The van der Waals surface area contributed by atoms with Gasteiger partial charge in [0.2, 0.25) is 0 Å². The number of furan rings is 1. The molecule has 0 radical (unpaired) electrons. The average Bonchev–Trinajstić information content (AvgIpc) is 3.12. The number of benzene rings is 1. The van der Waals surface area contributed by atoms with Crippen LogP contribution < -0.4 is 20.2 Å². The SMILES string of the molecule is COc1ccc(OC)c(/C=N\NC(=O)C(=O)NCc2ccco2)c1. The van der Waals surface area contributed by atoms with Crippen LogP contribution in [-0.4, -0.2) is 32.2 Å². The maximum absolute atomic E-state index is 11.6. The monoisotopic (exact) mass is 331 g/mol. The van der Waals surface area contributed by atoms with E-state index in [0.717, 1.165) is 0 Å². The van der Waals surface area contributed by atoms with E-state index >= 15 is 0 Å². The lowest BCUT2D eigenvalue weighted by atomic mass is 10.2. The Morgan fingerprint density at radius 1 is 1.21 bits per heavy atom. The highest BCUT2D eigenvalue weighted by molar-refractivity contribution is 6.35. The van der Waals surface area contributed by atoms with Gasteiger partial charge in [-0.15, -0.1) is 0 Å². The molecular formula is C16H17N3O5. The molecule has 1 aromatic carbocycles. The number of carbonyl (C=O) groups is 2. The molecule has 0 aliphatic carbocycles. The number of amides is 2. The van der Waals surface area contributed by atoms with Crippen molar-refractivity contribution in [2.24, 2.45) is 5.10 Å². The first-order chi connectivity index (χ1) is 11.6. The first-order valence-electron chi connectivity index (χ1n) is 6.99. The standard InChI is InChI=1S/C16H17N3O5/c1-22-12-5-6-14(23-2)11(8-12)9-18-19-16(21)15(20)17-10-13-4-3-7-24-13/h3-9H,10H2,1-2H3,(H,17,20)(H,19,21)/b18-9-. The van der Waals surface area contributed by atoms with Crippen molar-refractivity contribution >= 4 is 18.0 Å². The molecule has 24 heavy (non-hydrogen) atoms. The van der Waals surface area contributed by atoms with Crippen LogP contribution >= 0.6 is 0 Å². The van der Waals surface area contributed by atoms with Crippen molar-refractivity contribution in [2.75, 3.05) is 14.2 Å². The second-order valence-corrected chi connectivity index (χ2v) is 4.57. The van der Waals surface area contributed by atoms with E-state index in [1.165, 1.54) is 26.7 Å². The van der Waals surface area contributed by atoms with Crippen LogP contribution in [0.3, 0.4) is 0 Å². The van der Waals surface area contributed by atoms with Crippen molar-refractivity contribution in [1.29, 1.82) is 0 Å². The lowest BCUT2D eigenvalue weighted by molar-refractivity contribution is -0.139. The molecule has 2 aromatic rings. The maximum Gasteiger partial charge on any atom is 0.329 e. The molecule has 0 saturated heterocycles. The van der Waals surface area contributed by atoms with E-state index in [9.17, 15) is 9.59 Å². The quantitative estimate of drug-likeness (QED) is 0.468. The van der Waals surface area contributed by atoms with Gasteiger partial charge in [-0.2, -0.15) is 5.10 Å². The summed E-state index contributed by atoms with van der Waals surface area (Å²) in [6.07, 6.45) is 2.84.